The van der Waals surface area contributed by atoms with Crippen LogP contribution in [0.15, 0.2) is 29.4 Å². The minimum Gasteiger partial charge on any atom is -0.493 e. The molecule has 1 N–H and O–H groups in total. The molecule has 1 aromatic rings. The first-order chi connectivity index (χ1) is 8.28. The van der Waals surface area contributed by atoms with Gasteiger partial charge in [0.2, 0.25) is 0 Å². The molecule has 0 spiro atoms. The van der Waals surface area contributed by atoms with Gasteiger partial charge in [0.1, 0.15) is 5.75 Å². The second-order valence-corrected chi connectivity index (χ2v) is 4.76. The molecular formula is C14H19NO2. The average molecular weight is 233 g/mol. The molecule has 0 aromatic heterocycles. The molecule has 17 heavy (non-hydrogen) atoms. The van der Waals surface area contributed by atoms with Crippen LogP contribution in [0.25, 0.3) is 0 Å². The van der Waals surface area contributed by atoms with Gasteiger partial charge in [0, 0.05) is 6.42 Å². The fourth-order valence-electron chi connectivity index (χ4n) is 1.91. The van der Waals surface area contributed by atoms with Gasteiger partial charge < -0.3 is 9.94 Å². The van der Waals surface area contributed by atoms with Crippen LogP contribution in [0.2, 0.25) is 0 Å². The number of hydrogen-bond acceptors (Lipinski definition) is 3. The average Bonchev–Trinajstić information content (AvgIpc) is 2.29. The molecule has 0 bridgehead atoms. The molecule has 1 aliphatic rings. The summed E-state index contributed by atoms with van der Waals surface area (Å²) in [5.74, 6) is 1.69. The van der Waals surface area contributed by atoms with E-state index in [9.17, 15) is 0 Å². The smallest absolute Gasteiger partial charge is 0.119 e. The van der Waals surface area contributed by atoms with Gasteiger partial charge >= 0.3 is 0 Å². The molecule has 0 saturated heterocycles. The molecule has 1 aromatic carbocycles. The van der Waals surface area contributed by atoms with Gasteiger partial charge in [-0.2, -0.15) is 0 Å². The molecule has 0 aliphatic heterocycles. The molecule has 3 nitrogen and oxygen atoms in total. The van der Waals surface area contributed by atoms with Gasteiger partial charge in [-0.25, -0.2) is 0 Å². The number of oxime groups is 1. The van der Waals surface area contributed by atoms with Crippen LogP contribution in [0.5, 0.6) is 5.75 Å². The van der Waals surface area contributed by atoms with E-state index in [0.717, 1.165) is 23.8 Å². The first-order valence-corrected chi connectivity index (χ1v) is 6.17. The van der Waals surface area contributed by atoms with Crippen molar-refractivity contribution in [2.75, 3.05) is 6.61 Å². The highest BCUT2D eigenvalue weighted by molar-refractivity contribution is 5.83. The normalized spacial score (nSPS) is 16.6. The summed E-state index contributed by atoms with van der Waals surface area (Å²) in [7, 11) is 0. The van der Waals surface area contributed by atoms with Gasteiger partial charge in [-0.1, -0.05) is 23.7 Å². The molecule has 0 radical (unpaired) electrons. The molecule has 0 amide bonds. The Labute approximate surface area is 102 Å². The van der Waals surface area contributed by atoms with Crippen LogP contribution < -0.4 is 4.74 Å². The quantitative estimate of drug-likeness (QED) is 0.482. The Morgan fingerprint density at radius 3 is 2.59 bits per heavy atom. The van der Waals surface area contributed by atoms with Crippen molar-refractivity contribution >= 4 is 5.71 Å². The Morgan fingerprint density at radius 1 is 1.35 bits per heavy atom. The summed E-state index contributed by atoms with van der Waals surface area (Å²) in [6, 6.07) is 8.01. The molecule has 0 atom stereocenters. The van der Waals surface area contributed by atoms with E-state index in [1.165, 1.54) is 19.3 Å². The van der Waals surface area contributed by atoms with Gasteiger partial charge in [-0.05, 0) is 43.4 Å². The molecule has 1 fully saturated rings. The van der Waals surface area contributed by atoms with Gasteiger partial charge in [0.05, 0.1) is 12.3 Å². The lowest BCUT2D eigenvalue weighted by atomic mass is 9.86. The highest BCUT2D eigenvalue weighted by Crippen LogP contribution is 2.27. The Hall–Kier alpha value is -1.51. The first-order valence-electron chi connectivity index (χ1n) is 6.17. The molecule has 0 heterocycles. The SMILES string of the molecule is C/C(Cc1ccc(OCC2CCC2)cc1)=N/O. The summed E-state index contributed by atoms with van der Waals surface area (Å²) in [4.78, 5) is 0. The third kappa shape index (κ3) is 3.48. The summed E-state index contributed by atoms with van der Waals surface area (Å²) < 4.78 is 5.72. The van der Waals surface area contributed by atoms with Gasteiger partial charge in [0.25, 0.3) is 0 Å². The van der Waals surface area contributed by atoms with Gasteiger partial charge in [-0.3, -0.25) is 0 Å². The number of hydrogen-bond donors (Lipinski definition) is 1. The van der Waals surface area contributed by atoms with Crippen molar-refractivity contribution in [1.82, 2.24) is 0 Å². The van der Waals surface area contributed by atoms with Crippen LogP contribution in [0, 0.1) is 5.92 Å². The Kier molecular flexibility index (Phi) is 4.02. The van der Waals surface area contributed by atoms with Crippen LogP contribution in [0.1, 0.15) is 31.7 Å². The van der Waals surface area contributed by atoms with Crippen LogP contribution in [0.3, 0.4) is 0 Å². The van der Waals surface area contributed by atoms with Gasteiger partial charge in [0.15, 0.2) is 0 Å². The lowest BCUT2D eigenvalue weighted by Crippen LogP contribution is -2.19. The monoisotopic (exact) mass is 233 g/mol. The topological polar surface area (TPSA) is 41.8 Å². The maximum Gasteiger partial charge on any atom is 0.119 e. The zero-order valence-electron chi connectivity index (χ0n) is 10.2. The summed E-state index contributed by atoms with van der Waals surface area (Å²) in [5, 5.41) is 11.8. The molecule has 2 rings (SSSR count). The maximum absolute atomic E-state index is 8.59. The summed E-state index contributed by atoms with van der Waals surface area (Å²) in [6.07, 6.45) is 4.65. The number of rotatable bonds is 5. The second-order valence-electron chi connectivity index (χ2n) is 4.76. The standard InChI is InChI=1S/C14H19NO2/c1-11(15-16)9-12-5-7-14(8-6-12)17-10-13-3-2-4-13/h5-8,13,16H,2-4,9-10H2,1H3/b15-11-. The minimum atomic E-state index is 0.680. The van der Waals surface area contributed by atoms with E-state index < -0.39 is 0 Å². The summed E-state index contributed by atoms with van der Waals surface area (Å²) in [6.45, 7) is 2.65. The van der Waals surface area contributed by atoms with E-state index >= 15 is 0 Å². The summed E-state index contributed by atoms with van der Waals surface area (Å²) in [5.41, 5.74) is 1.85. The van der Waals surface area contributed by atoms with Crippen molar-refractivity contribution in [2.24, 2.45) is 11.1 Å². The molecule has 1 saturated carbocycles. The van der Waals surface area contributed by atoms with E-state index in [1.54, 1.807) is 6.92 Å². The minimum absolute atomic E-state index is 0.680. The van der Waals surface area contributed by atoms with Crippen molar-refractivity contribution in [3.05, 3.63) is 29.8 Å². The van der Waals surface area contributed by atoms with Crippen LogP contribution in [-0.4, -0.2) is 17.5 Å². The Bertz CT molecular complexity index is 380. The van der Waals surface area contributed by atoms with Gasteiger partial charge in [-0.15, -0.1) is 0 Å². The fraction of sp³-hybridized carbons (Fsp3) is 0.500. The van der Waals surface area contributed by atoms with Crippen LogP contribution in [-0.2, 0) is 6.42 Å². The lowest BCUT2D eigenvalue weighted by molar-refractivity contribution is 0.180. The van der Waals surface area contributed by atoms with E-state index in [2.05, 4.69) is 5.16 Å². The fourth-order valence-corrected chi connectivity index (χ4v) is 1.91. The van der Waals surface area contributed by atoms with Crippen molar-refractivity contribution in [1.29, 1.82) is 0 Å². The van der Waals surface area contributed by atoms with Crippen molar-refractivity contribution < 1.29 is 9.94 Å². The number of benzene rings is 1. The van der Waals surface area contributed by atoms with Crippen molar-refractivity contribution in [3.8, 4) is 5.75 Å². The number of nitrogens with zero attached hydrogens (tertiary/aromatic N) is 1. The lowest BCUT2D eigenvalue weighted by Gasteiger charge is -2.25. The number of ether oxygens (including phenoxy) is 1. The zero-order valence-corrected chi connectivity index (χ0v) is 10.2. The highest BCUT2D eigenvalue weighted by atomic mass is 16.5. The third-order valence-electron chi connectivity index (χ3n) is 3.26. The van der Waals surface area contributed by atoms with Crippen molar-refractivity contribution in [3.63, 3.8) is 0 Å². The van der Waals surface area contributed by atoms with E-state index in [4.69, 9.17) is 9.94 Å². The maximum atomic E-state index is 8.59. The predicted octanol–water partition coefficient (Wildman–Crippen LogP) is 3.26. The molecular weight excluding hydrogens is 214 g/mol. The zero-order chi connectivity index (χ0) is 12.1. The first kappa shape index (κ1) is 12.0. The van der Waals surface area contributed by atoms with Crippen LogP contribution >= 0.6 is 0 Å². The van der Waals surface area contributed by atoms with Crippen molar-refractivity contribution in [2.45, 2.75) is 32.6 Å². The highest BCUT2D eigenvalue weighted by Gasteiger charge is 2.17. The van der Waals surface area contributed by atoms with E-state index in [-0.39, 0.29) is 0 Å². The molecule has 3 heteroatoms. The van der Waals surface area contributed by atoms with E-state index in [0.29, 0.717) is 12.1 Å². The molecule has 92 valence electrons. The second kappa shape index (κ2) is 5.71. The summed E-state index contributed by atoms with van der Waals surface area (Å²) >= 11 is 0. The van der Waals surface area contributed by atoms with Crippen LogP contribution in [0.4, 0.5) is 0 Å². The Balaban J connectivity index is 1.84. The third-order valence-corrected chi connectivity index (χ3v) is 3.26. The Morgan fingerprint density at radius 2 is 2.06 bits per heavy atom. The van der Waals surface area contributed by atoms with E-state index in [1.807, 2.05) is 24.3 Å². The predicted molar refractivity (Wildman–Crippen MR) is 67.9 cm³/mol. The largest absolute Gasteiger partial charge is 0.493 e. The molecule has 1 aliphatic carbocycles. The molecule has 0 unspecified atom stereocenters.